The van der Waals surface area contributed by atoms with Crippen LogP contribution in [-0.2, 0) is 16.0 Å². The van der Waals surface area contributed by atoms with Crippen LogP contribution in [0.15, 0.2) is 54.7 Å². The van der Waals surface area contributed by atoms with Crippen molar-refractivity contribution in [3.8, 4) is 0 Å². The predicted octanol–water partition coefficient (Wildman–Crippen LogP) is 2.59. The highest BCUT2D eigenvalue weighted by atomic mass is 16.6. The topological polar surface area (TPSA) is 114 Å². The van der Waals surface area contributed by atoms with Crippen LogP contribution >= 0.6 is 0 Å². The number of amides is 1. The van der Waals surface area contributed by atoms with E-state index in [2.05, 4.69) is 10.3 Å². The summed E-state index contributed by atoms with van der Waals surface area (Å²) in [5, 5.41) is 14.4. The highest BCUT2D eigenvalue weighted by Gasteiger charge is 2.24. The fourth-order valence-electron chi connectivity index (χ4n) is 2.86. The van der Waals surface area contributed by atoms with Crippen molar-refractivity contribution in [3.05, 3.63) is 76.0 Å². The number of hydrogen-bond donors (Lipinski definition) is 2. The molecule has 1 heterocycles. The summed E-state index contributed by atoms with van der Waals surface area (Å²) in [4.78, 5) is 38.1. The molecule has 0 aliphatic carbocycles. The number of aromatic nitrogens is 1. The van der Waals surface area contributed by atoms with Gasteiger partial charge in [-0.3, -0.25) is 14.9 Å². The third kappa shape index (κ3) is 3.95. The molecular weight excluding hydrogens is 350 g/mol. The van der Waals surface area contributed by atoms with E-state index in [4.69, 9.17) is 4.74 Å². The summed E-state index contributed by atoms with van der Waals surface area (Å²) in [5.41, 5.74) is 1.66. The molecule has 0 fully saturated rings. The standard InChI is InChI=1S/C19H17N3O5/c1-27-19(24)17(10-13-11-20-16-8-3-2-7-15(13)16)21-18(23)12-5-4-6-14(9-12)22(25)26/h2-9,11,17,20H,10H2,1H3,(H,21,23)/t17-/m1/s1. The van der Waals surface area contributed by atoms with E-state index in [1.807, 2.05) is 24.3 Å². The summed E-state index contributed by atoms with van der Waals surface area (Å²) in [5.74, 6) is -1.19. The number of non-ortho nitro benzene ring substituents is 1. The maximum Gasteiger partial charge on any atom is 0.328 e. The first kappa shape index (κ1) is 18.1. The van der Waals surface area contributed by atoms with Crippen LogP contribution in [0, 0.1) is 10.1 Å². The SMILES string of the molecule is COC(=O)[C@@H](Cc1c[nH]c2ccccc12)NC(=O)c1cccc([N+](=O)[O-])c1. The number of ether oxygens (including phenoxy) is 1. The van der Waals surface area contributed by atoms with Crippen LogP contribution in [0.5, 0.6) is 0 Å². The van der Waals surface area contributed by atoms with E-state index in [0.717, 1.165) is 22.5 Å². The first-order valence-corrected chi connectivity index (χ1v) is 8.17. The average molecular weight is 367 g/mol. The molecule has 0 unspecified atom stereocenters. The van der Waals surface area contributed by atoms with E-state index in [9.17, 15) is 19.7 Å². The molecule has 0 aliphatic rings. The van der Waals surface area contributed by atoms with Gasteiger partial charge in [-0.15, -0.1) is 0 Å². The van der Waals surface area contributed by atoms with Crippen LogP contribution < -0.4 is 5.32 Å². The maximum atomic E-state index is 12.5. The Morgan fingerprint density at radius 3 is 2.74 bits per heavy atom. The van der Waals surface area contributed by atoms with Crippen molar-refractivity contribution in [1.29, 1.82) is 0 Å². The van der Waals surface area contributed by atoms with Crippen LogP contribution in [-0.4, -0.2) is 34.9 Å². The molecule has 3 aromatic rings. The van der Waals surface area contributed by atoms with Crippen LogP contribution in [0.25, 0.3) is 10.9 Å². The Bertz CT molecular complexity index is 1010. The largest absolute Gasteiger partial charge is 0.467 e. The number of rotatable bonds is 6. The zero-order valence-electron chi connectivity index (χ0n) is 14.5. The lowest BCUT2D eigenvalue weighted by Crippen LogP contribution is -2.43. The molecule has 27 heavy (non-hydrogen) atoms. The number of nitrogens with zero attached hydrogens (tertiary/aromatic N) is 1. The Morgan fingerprint density at radius 1 is 1.22 bits per heavy atom. The van der Waals surface area contributed by atoms with Gasteiger partial charge in [0.1, 0.15) is 6.04 Å². The number of fused-ring (bicyclic) bond motifs is 1. The summed E-state index contributed by atoms with van der Waals surface area (Å²) in [6.07, 6.45) is 2.00. The quantitative estimate of drug-likeness (QED) is 0.395. The molecule has 138 valence electrons. The Labute approximate surface area is 154 Å². The number of esters is 1. The molecular formula is C19H17N3O5. The number of benzene rings is 2. The van der Waals surface area contributed by atoms with Crippen molar-refractivity contribution >= 4 is 28.5 Å². The van der Waals surface area contributed by atoms with Gasteiger partial charge in [0.2, 0.25) is 0 Å². The van der Waals surface area contributed by atoms with Crippen molar-refractivity contribution in [2.24, 2.45) is 0 Å². The Balaban J connectivity index is 1.83. The summed E-state index contributed by atoms with van der Waals surface area (Å²) in [6, 6.07) is 12.0. The summed E-state index contributed by atoms with van der Waals surface area (Å²) in [6.45, 7) is 0. The molecule has 0 saturated heterocycles. The second-order valence-electron chi connectivity index (χ2n) is 5.92. The number of aromatic amines is 1. The van der Waals surface area contributed by atoms with Gasteiger partial charge in [0, 0.05) is 41.2 Å². The molecule has 0 radical (unpaired) electrons. The van der Waals surface area contributed by atoms with Crippen molar-refractivity contribution < 1.29 is 19.2 Å². The third-order valence-corrected chi connectivity index (χ3v) is 4.21. The Morgan fingerprint density at radius 2 is 2.00 bits per heavy atom. The molecule has 3 rings (SSSR count). The number of nitro groups is 1. The molecule has 1 amide bonds. The number of methoxy groups -OCH3 is 1. The molecule has 1 atom stereocenters. The van der Waals surface area contributed by atoms with Gasteiger partial charge in [0.15, 0.2) is 0 Å². The fourth-order valence-corrected chi connectivity index (χ4v) is 2.86. The number of nitrogens with one attached hydrogen (secondary N) is 2. The van der Waals surface area contributed by atoms with E-state index < -0.39 is 22.8 Å². The summed E-state index contributed by atoms with van der Waals surface area (Å²) < 4.78 is 4.80. The lowest BCUT2D eigenvalue weighted by molar-refractivity contribution is -0.384. The van der Waals surface area contributed by atoms with E-state index in [-0.39, 0.29) is 17.7 Å². The lowest BCUT2D eigenvalue weighted by Gasteiger charge is -2.16. The molecule has 1 aromatic heterocycles. The summed E-state index contributed by atoms with van der Waals surface area (Å²) >= 11 is 0. The maximum absolute atomic E-state index is 12.5. The van der Waals surface area contributed by atoms with Gasteiger partial charge in [-0.05, 0) is 17.7 Å². The van der Waals surface area contributed by atoms with E-state index >= 15 is 0 Å². The van der Waals surface area contributed by atoms with E-state index in [1.54, 1.807) is 6.20 Å². The lowest BCUT2D eigenvalue weighted by atomic mass is 10.0. The van der Waals surface area contributed by atoms with Crippen molar-refractivity contribution in [1.82, 2.24) is 10.3 Å². The molecule has 0 bridgehead atoms. The van der Waals surface area contributed by atoms with E-state index in [0.29, 0.717) is 0 Å². The van der Waals surface area contributed by atoms with Crippen LogP contribution in [0.4, 0.5) is 5.69 Å². The second-order valence-corrected chi connectivity index (χ2v) is 5.92. The number of carbonyl (C=O) groups excluding carboxylic acids is 2. The molecule has 2 N–H and O–H groups in total. The van der Waals surface area contributed by atoms with Gasteiger partial charge in [0.25, 0.3) is 11.6 Å². The number of nitro benzene ring substituents is 1. The van der Waals surface area contributed by atoms with Crippen molar-refractivity contribution in [2.75, 3.05) is 7.11 Å². The molecule has 0 saturated carbocycles. The normalized spacial score (nSPS) is 11.7. The van der Waals surface area contributed by atoms with Gasteiger partial charge < -0.3 is 15.0 Å². The number of carbonyl (C=O) groups is 2. The van der Waals surface area contributed by atoms with Crippen LogP contribution in [0.1, 0.15) is 15.9 Å². The number of hydrogen-bond acceptors (Lipinski definition) is 5. The van der Waals surface area contributed by atoms with Crippen molar-refractivity contribution in [2.45, 2.75) is 12.5 Å². The molecule has 0 aliphatic heterocycles. The summed E-state index contributed by atoms with van der Waals surface area (Å²) in [7, 11) is 1.24. The zero-order valence-corrected chi connectivity index (χ0v) is 14.5. The minimum atomic E-state index is -0.930. The highest BCUT2D eigenvalue weighted by molar-refractivity contribution is 5.97. The molecule has 8 heteroatoms. The van der Waals surface area contributed by atoms with E-state index in [1.165, 1.54) is 25.3 Å². The minimum Gasteiger partial charge on any atom is -0.467 e. The van der Waals surface area contributed by atoms with Gasteiger partial charge in [-0.1, -0.05) is 24.3 Å². The van der Waals surface area contributed by atoms with Gasteiger partial charge in [-0.25, -0.2) is 4.79 Å². The smallest absolute Gasteiger partial charge is 0.328 e. The Hall–Kier alpha value is -3.68. The monoisotopic (exact) mass is 367 g/mol. The van der Waals surface area contributed by atoms with Crippen LogP contribution in [0.3, 0.4) is 0 Å². The number of H-pyrrole nitrogens is 1. The number of para-hydroxylation sites is 1. The van der Waals surface area contributed by atoms with Gasteiger partial charge >= 0.3 is 5.97 Å². The molecule has 2 aromatic carbocycles. The predicted molar refractivity (Wildman–Crippen MR) is 98.4 cm³/mol. The Kier molecular flexibility index (Phi) is 5.16. The van der Waals surface area contributed by atoms with Gasteiger partial charge in [0.05, 0.1) is 12.0 Å². The minimum absolute atomic E-state index is 0.0945. The molecule has 8 nitrogen and oxygen atoms in total. The first-order valence-electron chi connectivity index (χ1n) is 8.17. The van der Waals surface area contributed by atoms with Crippen LogP contribution in [0.2, 0.25) is 0 Å². The molecule has 0 spiro atoms. The fraction of sp³-hybridized carbons (Fsp3) is 0.158. The second kappa shape index (κ2) is 7.69. The van der Waals surface area contributed by atoms with Crippen molar-refractivity contribution in [3.63, 3.8) is 0 Å². The highest BCUT2D eigenvalue weighted by Crippen LogP contribution is 2.20. The van der Waals surface area contributed by atoms with Gasteiger partial charge in [-0.2, -0.15) is 0 Å². The average Bonchev–Trinajstić information content (AvgIpc) is 3.09. The zero-order chi connectivity index (χ0) is 19.4. The first-order chi connectivity index (χ1) is 13.0. The third-order valence-electron chi connectivity index (χ3n) is 4.21.